The Morgan fingerprint density at radius 3 is 2.94 bits per heavy atom. The van der Waals surface area contributed by atoms with E-state index in [0.29, 0.717) is 6.04 Å². The second-order valence-electron chi connectivity index (χ2n) is 3.99. The van der Waals surface area contributed by atoms with Crippen LogP contribution in [0.1, 0.15) is 30.5 Å². The van der Waals surface area contributed by atoms with Crippen molar-refractivity contribution in [3.05, 3.63) is 35.1 Å². The van der Waals surface area contributed by atoms with Gasteiger partial charge in [0, 0.05) is 28.9 Å². The summed E-state index contributed by atoms with van der Waals surface area (Å²) in [6.45, 7) is 7.34. The van der Waals surface area contributed by atoms with Crippen LogP contribution in [0.5, 0.6) is 0 Å². The first-order chi connectivity index (χ1) is 8.22. The lowest BCUT2D eigenvalue weighted by molar-refractivity contribution is 0.603. The minimum Gasteiger partial charge on any atom is -0.310 e. The summed E-state index contributed by atoms with van der Waals surface area (Å²) >= 11 is 1.75. The Bertz CT molecular complexity index is 479. The van der Waals surface area contributed by atoms with Gasteiger partial charge < -0.3 is 5.32 Å². The third-order valence-corrected chi connectivity index (χ3v) is 4.03. The number of aromatic nitrogens is 2. The molecule has 90 valence electrons. The van der Waals surface area contributed by atoms with Gasteiger partial charge in [0.25, 0.3) is 0 Å². The van der Waals surface area contributed by atoms with E-state index in [2.05, 4.69) is 36.1 Å². The maximum Gasteiger partial charge on any atom is 0.125 e. The first kappa shape index (κ1) is 12.2. The summed E-state index contributed by atoms with van der Waals surface area (Å²) in [6, 6.07) is 4.36. The lowest BCUT2D eigenvalue weighted by Crippen LogP contribution is -2.17. The van der Waals surface area contributed by atoms with E-state index >= 15 is 0 Å². The maximum absolute atomic E-state index is 4.62. The SMILES string of the molecule is CCNC(C)c1sc(-c2cccnc2)nc1C. The average molecular weight is 247 g/mol. The molecular formula is C13H17N3S. The fourth-order valence-electron chi connectivity index (χ4n) is 1.82. The number of pyridine rings is 1. The predicted octanol–water partition coefficient (Wildman–Crippen LogP) is 3.18. The molecule has 1 N–H and O–H groups in total. The molecule has 17 heavy (non-hydrogen) atoms. The standard InChI is InChI=1S/C13H17N3S/c1-4-15-9(2)12-10(3)16-13(17-12)11-6-5-7-14-8-11/h5-9,15H,4H2,1-3H3. The van der Waals surface area contributed by atoms with Crippen LogP contribution >= 0.6 is 11.3 Å². The summed E-state index contributed by atoms with van der Waals surface area (Å²) in [4.78, 5) is 10.1. The van der Waals surface area contributed by atoms with Crippen molar-refractivity contribution in [2.24, 2.45) is 0 Å². The maximum atomic E-state index is 4.62. The zero-order chi connectivity index (χ0) is 12.3. The molecule has 0 amide bonds. The molecule has 1 atom stereocenters. The smallest absolute Gasteiger partial charge is 0.125 e. The molecule has 2 aromatic heterocycles. The molecule has 3 nitrogen and oxygen atoms in total. The molecule has 2 rings (SSSR count). The van der Waals surface area contributed by atoms with E-state index in [-0.39, 0.29) is 0 Å². The minimum atomic E-state index is 0.364. The Labute approximate surface area is 106 Å². The van der Waals surface area contributed by atoms with Gasteiger partial charge in [-0.15, -0.1) is 11.3 Å². The van der Waals surface area contributed by atoms with Gasteiger partial charge in [-0.05, 0) is 32.5 Å². The monoisotopic (exact) mass is 247 g/mol. The summed E-state index contributed by atoms with van der Waals surface area (Å²) in [7, 11) is 0. The largest absolute Gasteiger partial charge is 0.310 e. The fourth-order valence-corrected chi connectivity index (χ4v) is 2.90. The van der Waals surface area contributed by atoms with Crippen LogP contribution in [0.25, 0.3) is 10.6 Å². The van der Waals surface area contributed by atoms with Gasteiger partial charge in [0.15, 0.2) is 0 Å². The van der Waals surface area contributed by atoms with Crippen molar-refractivity contribution in [3.8, 4) is 10.6 Å². The quantitative estimate of drug-likeness (QED) is 0.901. The van der Waals surface area contributed by atoms with E-state index in [9.17, 15) is 0 Å². The topological polar surface area (TPSA) is 37.8 Å². The van der Waals surface area contributed by atoms with Crippen LogP contribution in [-0.4, -0.2) is 16.5 Å². The Morgan fingerprint density at radius 1 is 1.47 bits per heavy atom. The molecule has 0 saturated carbocycles. The molecule has 1 unspecified atom stereocenters. The number of thiazole rings is 1. The van der Waals surface area contributed by atoms with E-state index < -0.39 is 0 Å². The van der Waals surface area contributed by atoms with Gasteiger partial charge in [-0.2, -0.15) is 0 Å². The zero-order valence-electron chi connectivity index (χ0n) is 10.4. The molecule has 0 spiro atoms. The molecule has 0 aliphatic rings. The molecular weight excluding hydrogens is 230 g/mol. The molecule has 0 fully saturated rings. The molecule has 0 bridgehead atoms. The van der Waals surface area contributed by atoms with Crippen molar-refractivity contribution in [1.29, 1.82) is 0 Å². The number of hydrogen-bond acceptors (Lipinski definition) is 4. The number of nitrogens with zero attached hydrogens (tertiary/aromatic N) is 2. The lowest BCUT2D eigenvalue weighted by atomic mass is 10.2. The Morgan fingerprint density at radius 2 is 2.29 bits per heavy atom. The number of rotatable bonds is 4. The lowest BCUT2D eigenvalue weighted by Gasteiger charge is -2.09. The van der Waals surface area contributed by atoms with E-state index in [1.165, 1.54) is 4.88 Å². The first-order valence-corrected chi connectivity index (χ1v) is 6.65. The summed E-state index contributed by atoms with van der Waals surface area (Å²) < 4.78 is 0. The first-order valence-electron chi connectivity index (χ1n) is 5.83. The summed E-state index contributed by atoms with van der Waals surface area (Å²) in [5.74, 6) is 0. The molecule has 0 saturated heterocycles. The fraction of sp³-hybridized carbons (Fsp3) is 0.385. The molecule has 0 aliphatic carbocycles. The van der Waals surface area contributed by atoms with Gasteiger partial charge in [-0.25, -0.2) is 4.98 Å². The molecule has 2 aromatic rings. The average Bonchev–Trinajstić information content (AvgIpc) is 2.73. The third kappa shape index (κ3) is 2.70. The van der Waals surface area contributed by atoms with Crippen LogP contribution in [0.4, 0.5) is 0 Å². The van der Waals surface area contributed by atoms with Crippen molar-refractivity contribution in [1.82, 2.24) is 15.3 Å². The van der Waals surface area contributed by atoms with Crippen LogP contribution < -0.4 is 5.32 Å². The van der Waals surface area contributed by atoms with Gasteiger partial charge in [0.1, 0.15) is 5.01 Å². The van der Waals surface area contributed by atoms with Crippen LogP contribution in [0.2, 0.25) is 0 Å². The summed E-state index contributed by atoms with van der Waals surface area (Å²) in [6.07, 6.45) is 3.64. The van der Waals surface area contributed by atoms with Gasteiger partial charge in [0.2, 0.25) is 0 Å². The van der Waals surface area contributed by atoms with Gasteiger partial charge in [-0.3, -0.25) is 4.98 Å². The van der Waals surface area contributed by atoms with Gasteiger partial charge >= 0.3 is 0 Å². The summed E-state index contributed by atoms with van der Waals surface area (Å²) in [5, 5.41) is 4.47. The summed E-state index contributed by atoms with van der Waals surface area (Å²) in [5.41, 5.74) is 2.21. The Hall–Kier alpha value is -1.26. The number of aryl methyl sites for hydroxylation is 1. The highest BCUT2D eigenvalue weighted by atomic mass is 32.1. The zero-order valence-corrected chi connectivity index (χ0v) is 11.2. The van der Waals surface area contributed by atoms with Crippen LogP contribution in [-0.2, 0) is 0 Å². The van der Waals surface area contributed by atoms with E-state index in [1.54, 1.807) is 17.5 Å². The van der Waals surface area contributed by atoms with Crippen LogP contribution in [0.15, 0.2) is 24.5 Å². The molecule has 0 aromatic carbocycles. The van der Waals surface area contributed by atoms with Crippen molar-refractivity contribution in [2.45, 2.75) is 26.8 Å². The third-order valence-electron chi connectivity index (χ3n) is 2.64. The highest BCUT2D eigenvalue weighted by Crippen LogP contribution is 2.31. The minimum absolute atomic E-state index is 0.364. The van der Waals surface area contributed by atoms with Gasteiger partial charge in [0.05, 0.1) is 5.69 Å². The Kier molecular flexibility index (Phi) is 3.86. The highest BCUT2D eigenvalue weighted by Gasteiger charge is 2.14. The van der Waals surface area contributed by atoms with Crippen molar-refractivity contribution in [2.75, 3.05) is 6.54 Å². The predicted molar refractivity (Wildman–Crippen MR) is 72.2 cm³/mol. The normalized spacial score (nSPS) is 12.6. The van der Waals surface area contributed by atoms with Gasteiger partial charge in [-0.1, -0.05) is 6.92 Å². The second kappa shape index (κ2) is 5.38. The van der Waals surface area contributed by atoms with E-state index in [1.807, 2.05) is 18.3 Å². The molecule has 0 aliphatic heterocycles. The molecule has 2 heterocycles. The van der Waals surface area contributed by atoms with Crippen molar-refractivity contribution in [3.63, 3.8) is 0 Å². The second-order valence-corrected chi connectivity index (χ2v) is 5.02. The number of hydrogen-bond donors (Lipinski definition) is 1. The molecule has 0 radical (unpaired) electrons. The van der Waals surface area contributed by atoms with E-state index in [4.69, 9.17) is 0 Å². The van der Waals surface area contributed by atoms with E-state index in [0.717, 1.165) is 22.8 Å². The number of nitrogens with one attached hydrogen (secondary N) is 1. The molecule has 4 heteroatoms. The van der Waals surface area contributed by atoms with Crippen molar-refractivity contribution < 1.29 is 0 Å². The van der Waals surface area contributed by atoms with Crippen molar-refractivity contribution >= 4 is 11.3 Å². The highest BCUT2D eigenvalue weighted by molar-refractivity contribution is 7.15. The van der Waals surface area contributed by atoms with Crippen LogP contribution in [0.3, 0.4) is 0 Å². The van der Waals surface area contributed by atoms with Crippen LogP contribution in [0, 0.1) is 6.92 Å². The Balaban J connectivity index is 2.31.